The van der Waals surface area contributed by atoms with Gasteiger partial charge in [-0.2, -0.15) is 0 Å². The van der Waals surface area contributed by atoms with Crippen LogP contribution in [0.4, 0.5) is 0 Å². The molecule has 7 nitrogen and oxygen atoms in total. The minimum absolute atomic E-state index is 0. The van der Waals surface area contributed by atoms with Crippen molar-refractivity contribution >= 4 is 9.05 Å². The molecule has 0 aromatic rings. The number of hydrogen-bond donors (Lipinski definition) is 4. The van der Waals surface area contributed by atoms with Gasteiger partial charge in [0, 0.05) is 61.4 Å². The molecule has 0 bridgehead atoms. The van der Waals surface area contributed by atoms with Crippen molar-refractivity contribution < 1.29 is 55.1 Å². The van der Waals surface area contributed by atoms with Crippen LogP contribution < -0.4 is 0 Å². The van der Waals surface area contributed by atoms with Gasteiger partial charge in [-0.3, -0.25) is 0 Å². The molecule has 0 spiro atoms. The number of aliphatic hydroxyl groups excluding tert-OH is 3. The molecule has 0 unspecified atom stereocenters. The van der Waals surface area contributed by atoms with Crippen LogP contribution in [-0.2, 0) is 35.0 Å². The van der Waals surface area contributed by atoms with Gasteiger partial charge < -0.3 is 33.4 Å². The predicted octanol–water partition coefficient (Wildman–Crippen LogP) is 2.86. The van der Waals surface area contributed by atoms with Gasteiger partial charge in [0.2, 0.25) is 0 Å². The molecule has 0 aliphatic carbocycles. The monoisotopic (exact) mass is 450 g/mol. The summed E-state index contributed by atoms with van der Waals surface area (Å²) in [6.07, 6.45) is 6.11. The minimum atomic E-state index is -3.25. The summed E-state index contributed by atoms with van der Waals surface area (Å²) in [6, 6.07) is 0. The summed E-state index contributed by atoms with van der Waals surface area (Å²) in [5, 5.41) is 24.2. The van der Waals surface area contributed by atoms with E-state index in [0.29, 0.717) is 39.6 Å². The molecule has 0 saturated carbocycles. The topological polar surface area (TPSA) is 109 Å². The Balaban J connectivity index is -0.0000000858. The van der Waals surface area contributed by atoms with E-state index < -0.39 is 9.05 Å². The summed E-state index contributed by atoms with van der Waals surface area (Å²) in [4.78, 5) is 9.48. The van der Waals surface area contributed by atoms with Gasteiger partial charge in [-0.25, -0.2) is 0 Å². The second kappa shape index (κ2) is 37.4. The van der Waals surface area contributed by atoms with Crippen LogP contribution >= 0.6 is 0 Å². The minimum Gasteiger partial charge on any atom is -0.396 e. The molecule has 0 saturated heterocycles. The molecule has 9 heteroatoms. The summed E-state index contributed by atoms with van der Waals surface area (Å²) >= 11 is 0. The third-order valence-electron chi connectivity index (χ3n) is 2.52. The number of hydrogen-bond acceptors (Lipinski definition) is 7. The molecule has 0 heterocycles. The van der Waals surface area contributed by atoms with Gasteiger partial charge in [-0.15, -0.1) is 0 Å². The first-order chi connectivity index (χ1) is 12.4. The Kier molecular flexibility index (Phi) is 53.0. The van der Waals surface area contributed by atoms with E-state index in [1.54, 1.807) is 20.8 Å². The number of rotatable bonds is 12. The average molecular weight is 451 g/mol. The molecule has 168 valence electrons. The summed E-state index contributed by atoms with van der Waals surface area (Å²) in [7, 11) is -3.25. The van der Waals surface area contributed by atoms with Gasteiger partial charge >= 0.3 is 9.05 Å². The number of aliphatic hydroxyl groups is 3. The van der Waals surface area contributed by atoms with Gasteiger partial charge in [0.1, 0.15) is 0 Å². The normalized spacial score (nSPS) is 9.56. The third-order valence-corrected chi connectivity index (χ3v) is 4.48. The van der Waals surface area contributed by atoms with Crippen LogP contribution in [-0.4, -0.2) is 68.8 Å². The molecule has 0 atom stereocenters. The Hall–Kier alpha value is 0.651. The molecule has 0 aliphatic rings. The SMILES string of the molecule is CCCCO.CCCCO.CCCCO.CCO[Si](O)(OCC)OCC.[Ti]. The Morgan fingerprint density at radius 3 is 0.852 bits per heavy atom. The molecule has 0 radical (unpaired) electrons. The second-order valence-corrected chi connectivity index (χ2v) is 6.97. The van der Waals surface area contributed by atoms with Crippen molar-refractivity contribution in [3.05, 3.63) is 0 Å². The van der Waals surface area contributed by atoms with Crippen molar-refractivity contribution in [2.45, 2.75) is 80.1 Å². The summed E-state index contributed by atoms with van der Waals surface area (Å²) in [5.74, 6) is 0. The van der Waals surface area contributed by atoms with E-state index in [1.165, 1.54) is 0 Å². The summed E-state index contributed by atoms with van der Waals surface area (Å²) in [5.41, 5.74) is 0. The van der Waals surface area contributed by atoms with Crippen LogP contribution in [0, 0.1) is 0 Å². The molecule has 0 rings (SSSR count). The fraction of sp³-hybridized carbons (Fsp3) is 1.00. The van der Waals surface area contributed by atoms with Crippen molar-refractivity contribution in [3.8, 4) is 0 Å². The first-order valence-electron chi connectivity index (χ1n) is 9.89. The zero-order valence-electron chi connectivity index (χ0n) is 18.5. The van der Waals surface area contributed by atoms with E-state index in [9.17, 15) is 4.80 Å². The van der Waals surface area contributed by atoms with Crippen LogP contribution in [0.1, 0.15) is 80.1 Å². The molecular formula is C18H46O7SiTi. The molecule has 27 heavy (non-hydrogen) atoms. The summed E-state index contributed by atoms with van der Waals surface area (Å²) in [6.45, 7) is 13.8. The third kappa shape index (κ3) is 46.6. The molecule has 4 N–H and O–H groups in total. The Morgan fingerprint density at radius 1 is 0.556 bits per heavy atom. The van der Waals surface area contributed by atoms with Crippen molar-refractivity contribution in [2.75, 3.05) is 39.6 Å². The predicted molar refractivity (Wildman–Crippen MR) is 109 cm³/mol. The van der Waals surface area contributed by atoms with E-state index in [-0.39, 0.29) is 21.7 Å². The maximum atomic E-state index is 9.48. The fourth-order valence-corrected chi connectivity index (χ4v) is 2.49. The van der Waals surface area contributed by atoms with Crippen LogP contribution in [0.15, 0.2) is 0 Å². The van der Waals surface area contributed by atoms with Gasteiger partial charge in [-0.1, -0.05) is 40.0 Å². The molecular weight excluding hydrogens is 404 g/mol. The first-order valence-corrected chi connectivity index (χ1v) is 11.6. The van der Waals surface area contributed by atoms with Gasteiger partial charge in [0.05, 0.1) is 0 Å². The average Bonchev–Trinajstić information content (AvgIpc) is 2.59. The van der Waals surface area contributed by atoms with Gasteiger partial charge in [-0.05, 0) is 40.0 Å². The maximum absolute atomic E-state index is 9.48. The van der Waals surface area contributed by atoms with Crippen LogP contribution in [0.5, 0.6) is 0 Å². The van der Waals surface area contributed by atoms with E-state index in [0.717, 1.165) is 38.5 Å². The van der Waals surface area contributed by atoms with Crippen LogP contribution in [0.2, 0.25) is 0 Å². The van der Waals surface area contributed by atoms with Crippen molar-refractivity contribution in [1.82, 2.24) is 0 Å². The number of unbranched alkanes of at least 4 members (excludes halogenated alkanes) is 3. The second-order valence-electron chi connectivity index (χ2n) is 5.05. The first kappa shape index (κ1) is 38.3. The quantitative estimate of drug-likeness (QED) is 0.339. The van der Waals surface area contributed by atoms with Crippen LogP contribution in [0.25, 0.3) is 0 Å². The van der Waals surface area contributed by atoms with E-state index in [1.807, 2.05) is 0 Å². The summed E-state index contributed by atoms with van der Waals surface area (Å²) < 4.78 is 14.9. The molecule has 0 amide bonds. The molecule has 0 aliphatic heterocycles. The zero-order valence-corrected chi connectivity index (χ0v) is 21.1. The molecule has 0 aromatic heterocycles. The van der Waals surface area contributed by atoms with Crippen molar-refractivity contribution in [3.63, 3.8) is 0 Å². The van der Waals surface area contributed by atoms with Gasteiger partial charge in [0.25, 0.3) is 0 Å². The van der Waals surface area contributed by atoms with Gasteiger partial charge in [0.15, 0.2) is 0 Å². The molecule has 0 fully saturated rings. The van der Waals surface area contributed by atoms with Crippen molar-refractivity contribution in [2.24, 2.45) is 0 Å². The Labute approximate surface area is 183 Å². The Morgan fingerprint density at radius 2 is 0.778 bits per heavy atom. The van der Waals surface area contributed by atoms with Crippen molar-refractivity contribution in [1.29, 1.82) is 0 Å². The zero-order chi connectivity index (χ0) is 21.1. The molecule has 0 aromatic carbocycles. The van der Waals surface area contributed by atoms with E-state index >= 15 is 0 Å². The van der Waals surface area contributed by atoms with Crippen LogP contribution in [0.3, 0.4) is 0 Å². The standard InChI is InChI=1S/C6H16O4Si.3C4H10O.Ti/c1-4-8-11(7,9-5-2)10-6-3;3*1-2-3-4-5;/h7H,4-6H2,1-3H3;3*5H,2-4H2,1H3;. The maximum Gasteiger partial charge on any atom is 0.676 e. The smallest absolute Gasteiger partial charge is 0.396 e. The largest absolute Gasteiger partial charge is 0.676 e. The Bertz CT molecular complexity index is 179. The van der Waals surface area contributed by atoms with E-state index in [4.69, 9.17) is 28.6 Å². The van der Waals surface area contributed by atoms with E-state index in [2.05, 4.69) is 20.8 Å². The fourth-order valence-electron chi connectivity index (χ4n) is 1.15.